The van der Waals surface area contributed by atoms with Gasteiger partial charge in [-0.1, -0.05) is 31.0 Å². The number of hydrogen-bond donors (Lipinski definition) is 2. The molecule has 3 aromatic rings. The number of amides is 1. The summed E-state index contributed by atoms with van der Waals surface area (Å²) in [6.45, 7) is 0.640. The van der Waals surface area contributed by atoms with Crippen LogP contribution in [0.5, 0.6) is 0 Å². The summed E-state index contributed by atoms with van der Waals surface area (Å²) in [4.78, 5) is 15.4. The van der Waals surface area contributed by atoms with E-state index in [-0.39, 0.29) is 5.91 Å². The van der Waals surface area contributed by atoms with Crippen LogP contribution < -0.4 is 5.32 Å². The first-order chi connectivity index (χ1) is 13.3. The summed E-state index contributed by atoms with van der Waals surface area (Å²) in [5, 5.41) is 16.3. The van der Waals surface area contributed by atoms with Gasteiger partial charge in [0.05, 0.1) is 17.5 Å². The van der Waals surface area contributed by atoms with Crippen LogP contribution in [0.25, 0.3) is 10.9 Å². The number of nitrogens with zero attached hydrogens (tertiary/aromatic N) is 4. The standard InChI is InChI=1S/C19H24N6OS/c26-19(20-10-9-14-11-21-17-8-4-3-7-16(14)17)13-27-12-18-22-23-24-25(18)15-5-1-2-6-15/h3-4,7-8,11,15,21H,1-2,5-6,9-10,12-13H2,(H,20,26). The Labute approximate surface area is 162 Å². The number of para-hydroxylation sites is 1. The Bertz CT molecular complexity index is 898. The minimum atomic E-state index is 0.0553. The third-order valence-corrected chi connectivity index (χ3v) is 6.02. The number of nitrogens with one attached hydrogen (secondary N) is 2. The fourth-order valence-corrected chi connectivity index (χ4v) is 4.46. The number of tetrazole rings is 1. The van der Waals surface area contributed by atoms with Crippen molar-refractivity contribution in [2.75, 3.05) is 12.3 Å². The molecule has 0 unspecified atom stereocenters. The van der Waals surface area contributed by atoms with E-state index < -0.39 is 0 Å². The van der Waals surface area contributed by atoms with Crippen LogP contribution in [0.4, 0.5) is 0 Å². The van der Waals surface area contributed by atoms with E-state index in [1.165, 1.54) is 23.8 Å². The molecule has 8 heteroatoms. The van der Waals surface area contributed by atoms with E-state index in [1.807, 2.05) is 23.0 Å². The molecule has 2 aromatic heterocycles. The molecule has 1 amide bonds. The normalized spacial score (nSPS) is 14.8. The number of rotatable bonds is 8. The Morgan fingerprint density at radius 3 is 3.04 bits per heavy atom. The van der Waals surface area contributed by atoms with E-state index in [2.05, 4.69) is 38.0 Å². The number of hydrogen-bond acceptors (Lipinski definition) is 5. The lowest BCUT2D eigenvalue weighted by Gasteiger charge is -2.11. The summed E-state index contributed by atoms with van der Waals surface area (Å²) < 4.78 is 1.95. The summed E-state index contributed by atoms with van der Waals surface area (Å²) in [5.41, 5.74) is 2.36. The van der Waals surface area contributed by atoms with Gasteiger partial charge in [0.2, 0.25) is 5.91 Å². The smallest absolute Gasteiger partial charge is 0.230 e. The summed E-state index contributed by atoms with van der Waals surface area (Å²) in [7, 11) is 0. The second-order valence-electron chi connectivity index (χ2n) is 6.93. The zero-order valence-electron chi connectivity index (χ0n) is 15.2. The molecule has 4 rings (SSSR count). The average molecular weight is 385 g/mol. The fourth-order valence-electron chi connectivity index (χ4n) is 3.70. The number of aromatic amines is 1. The molecule has 142 valence electrons. The molecule has 1 fully saturated rings. The SMILES string of the molecule is O=C(CSCc1nnnn1C1CCCC1)NCCc1c[nH]c2ccccc12. The molecule has 0 radical (unpaired) electrons. The van der Waals surface area contributed by atoms with Crippen LogP contribution in [-0.4, -0.2) is 43.4 Å². The third-order valence-electron chi connectivity index (χ3n) is 5.09. The maximum Gasteiger partial charge on any atom is 0.230 e. The Morgan fingerprint density at radius 1 is 1.30 bits per heavy atom. The Hall–Kier alpha value is -2.35. The summed E-state index contributed by atoms with van der Waals surface area (Å²) in [6, 6.07) is 8.65. The second-order valence-corrected chi connectivity index (χ2v) is 7.92. The number of carbonyl (C=O) groups excluding carboxylic acids is 1. The minimum absolute atomic E-state index is 0.0553. The van der Waals surface area contributed by atoms with E-state index in [9.17, 15) is 4.79 Å². The van der Waals surface area contributed by atoms with E-state index in [0.29, 0.717) is 24.1 Å². The molecule has 1 aromatic carbocycles. The molecule has 1 aliphatic rings. The Morgan fingerprint density at radius 2 is 2.15 bits per heavy atom. The lowest BCUT2D eigenvalue weighted by atomic mass is 10.1. The van der Waals surface area contributed by atoms with Gasteiger partial charge in [0.15, 0.2) is 5.82 Å². The molecule has 0 saturated heterocycles. The molecule has 0 atom stereocenters. The lowest BCUT2D eigenvalue weighted by Crippen LogP contribution is -2.27. The quantitative estimate of drug-likeness (QED) is 0.623. The number of fused-ring (bicyclic) bond motifs is 1. The van der Waals surface area contributed by atoms with Crippen LogP contribution in [0.15, 0.2) is 30.5 Å². The molecule has 27 heavy (non-hydrogen) atoms. The first-order valence-corrected chi connectivity index (χ1v) is 10.6. The molecule has 0 spiro atoms. The summed E-state index contributed by atoms with van der Waals surface area (Å²) in [6.07, 6.45) is 7.63. The Balaban J connectivity index is 1.20. The predicted molar refractivity (Wildman–Crippen MR) is 106 cm³/mol. The Kier molecular flexibility index (Phi) is 5.72. The minimum Gasteiger partial charge on any atom is -0.361 e. The number of benzene rings is 1. The van der Waals surface area contributed by atoms with E-state index in [0.717, 1.165) is 30.6 Å². The molecule has 7 nitrogen and oxygen atoms in total. The monoisotopic (exact) mass is 384 g/mol. The zero-order valence-corrected chi connectivity index (χ0v) is 16.0. The first-order valence-electron chi connectivity index (χ1n) is 9.47. The van der Waals surface area contributed by atoms with Crippen molar-refractivity contribution < 1.29 is 4.79 Å². The molecule has 1 aliphatic carbocycles. The highest BCUT2D eigenvalue weighted by Gasteiger charge is 2.21. The zero-order chi connectivity index (χ0) is 18.5. The highest BCUT2D eigenvalue weighted by atomic mass is 32.2. The van der Waals surface area contributed by atoms with Gasteiger partial charge in [-0.15, -0.1) is 16.9 Å². The third kappa shape index (κ3) is 4.32. The van der Waals surface area contributed by atoms with Gasteiger partial charge in [0, 0.05) is 23.6 Å². The van der Waals surface area contributed by atoms with Gasteiger partial charge in [-0.2, -0.15) is 0 Å². The van der Waals surface area contributed by atoms with Gasteiger partial charge in [-0.25, -0.2) is 4.68 Å². The van der Waals surface area contributed by atoms with Crippen LogP contribution in [0.2, 0.25) is 0 Å². The van der Waals surface area contributed by atoms with Crippen LogP contribution in [-0.2, 0) is 17.0 Å². The largest absolute Gasteiger partial charge is 0.361 e. The fraction of sp³-hybridized carbons (Fsp3) is 0.474. The van der Waals surface area contributed by atoms with Crippen LogP contribution in [0, 0.1) is 0 Å². The lowest BCUT2D eigenvalue weighted by molar-refractivity contribution is -0.118. The maximum absolute atomic E-state index is 12.1. The van der Waals surface area contributed by atoms with Gasteiger partial charge in [-0.3, -0.25) is 4.79 Å². The van der Waals surface area contributed by atoms with Crippen molar-refractivity contribution in [1.82, 2.24) is 30.5 Å². The van der Waals surface area contributed by atoms with Crippen LogP contribution in [0.1, 0.15) is 43.1 Å². The van der Waals surface area contributed by atoms with E-state index >= 15 is 0 Å². The van der Waals surface area contributed by atoms with Crippen molar-refractivity contribution in [2.45, 2.75) is 43.9 Å². The van der Waals surface area contributed by atoms with Gasteiger partial charge >= 0.3 is 0 Å². The molecular weight excluding hydrogens is 360 g/mol. The van der Waals surface area contributed by atoms with Gasteiger partial charge in [-0.05, 0) is 41.3 Å². The first kappa shape index (κ1) is 18.0. The van der Waals surface area contributed by atoms with Crippen molar-refractivity contribution >= 4 is 28.6 Å². The summed E-state index contributed by atoms with van der Waals surface area (Å²) in [5.74, 6) is 2.02. The van der Waals surface area contributed by atoms with Crippen molar-refractivity contribution in [3.63, 3.8) is 0 Å². The molecule has 2 heterocycles. The predicted octanol–water partition coefficient (Wildman–Crippen LogP) is 2.86. The molecular formula is C19H24N6OS. The van der Waals surface area contributed by atoms with E-state index in [4.69, 9.17) is 0 Å². The van der Waals surface area contributed by atoms with Crippen molar-refractivity contribution in [2.24, 2.45) is 0 Å². The van der Waals surface area contributed by atoms with Gasteiger partial charge < -0.3 is 10.3 Å². The van der Waals surface area contributed by atoms with Crippen molar-refractivity contribution in [3.05, 3.63) is 41.9 Å². The number of aromatic nitrogens is 5. The van der Waals surface area contributed by atoms with E-state index in [1.54, 1.807) is 11.8 Å². The summed E-state index contributed by atoms with van der Waals surface area (Å²) >= 11 is 1.56. The van der Waals surface area contributed by atoms with Crippen molar-refractivity contribution in [1.29, 1.82) is 0 Å². The molecule has 0 bridgehead atoms. The van der Waals surface area contributed by atoms with Crippen LogP contribution >= 0.6 is 11.8 Å². The number of carbonyl (C=O) groups is 1. The molecule has 1 saturated carbocycles. The number of H-pyrrole nitrogens is 1. The van der Waals surface area contributed by atoms with Gasteiger partial charge in [0.25, 0.3) is 0 Å². The van der Waals surface area contributed by atoms with Crippen molar-refractivity contribution in [3.8, 4) is 0 Å². The van der Waals surface area contributed by atoms with Gasteiger partial charge in [0.1, 0.15) is 0 Å². The molecule has 0 aliphatic heterocycles. The topological polar surface area (TPSA) is 88.5 Å². The average Bonchev–Trinajstić information content (AvgIpc) is 3.42. The highest BCUT2D eigenvalue weighted by Crippen LogP contribution is 2.29. The van der Waals surface area contributed by atoms with Crippen LogP contribution in [0.3, 0.4) is 0 Å². The molecule has 2 N–H and O–H groups in total. The second kappa shape index (κ2) is 8.56. The number of thioether (sulfide) groups is 1. The highest BCUT2D eigenvalue weighted by molar-refractivity contribution is 7.99. The maximum atomic E-state index is 12.1.